The highest BCUT2D eigenvalue weighted by molar-refractivity contribution is 5.80. The van der Waals surface area contributed by atoms with Crippen LogP contribution >= 0.6 is 0 Å². The number of carbonyl (C=O) groups is 3. The van der Waals surface area contributed by atoms with E-state index in [0.717, 1.165) is 19.3 Å². The zero-order valence-corrected chi connectivity index (χ0v) is 20.2. The third-order valence-electron chi connectivity index (χ3n) is 7.25. The van der Waals surface area contributed by atoms with Crippen molar-refractivity contribution < 1.29 is 24.2 Å². The van der Waals surface area contributed by atoms with Crippen LogP contribution in [0, 0.1) is 11.8 Å². The van der Waals surface area contributed by atoms with Crippen molar-refractivity contribution in [1.82, 2.24) is 10.6 Å². The third-order valence-corrected chi connectivity index (χ3v) is 7.25. The summed E-state index contributed by atoms with van der Waals surface area (Å²) in [7, 11) is 0. The first-order valence-corrected chi connectivity index (χ1v) is 12.6. The highest BCUT2D eigenvalue weighted by atomic mass is 16.5. The lowest BCUT2D eigenvalue weighted by molar-refractivity contribution is -0.141. The van der Waals surface area contributed by atoms with Crippen LogP contribution in [0.1, 0.15) is 62.5 Å². The van der Waals surface area contributed by atoms with Crippen LogP contribution < -0.4 is 10.6 Å². The maximum Gasteiger partial charge on any atom is 0.407 e. The van der Waals surface area contributed by atoms with E-state index >= 15 is 0 Å². The van der Waals surface area contributed by atoms with Gasteiger partial charge in [-0.3, -0.25) is 9.59 Å². The van der Waals surface area contributed by atoms with Crippen molar-refractivity contribution in [3.63, 3.8) is 0 Å². The summed E-state index contributed by atoms with van der Waals surface area (Å²) >= 11 is 0. The van der Waals surface area contributed by atoms with Crippen LogP contribution in [0.4, 0.5) is 4.79 Å². The van der Waals surface area contributed by atoms with Gasteiger partial charge in [0, 0.05) is 24.4 Å². The largest absolute Gasteiger partial charge is 0.481 e. The minimum Gasteiger partial charge on any atom is -0.481 e. The number of hydrogen-bond acceptors (Lipinski definition) is 4. The number of alkyl carbamates (subject to hydrolysis) is 1. The Morgan fingerprint density at radius 2 is 1.69 bits per heavy atom. The van der Waals surface area contributed by atoms with Crippen LogP contribution in [0.3, 0.4) is 0 Å². The number of carboxylic acids is 1. The molecule has 4 rings (SSSR count). The lowest BCUT2D eigenvalue weighted by Crippen LogP contribution is -2.43. The Kier molecular flexibility index (Phi) is 8.06. The van der Waals surface area contributed by atoms with Gasteiger partial charge in [0.1, 0.15) is 6.61 Å². The number of carbonyl (C=O) groups excluding carboxylic acids is 2. The second-order valence-corrected chi connectivity index (χ2v) is 9.70. The molecule has 0 heterocycles. The molecule has 2 amide bonds. The number of fused-ring (bicyclic) bond motifs is 3. The topological polar surface area (TPSA) is 105 Å². The predicted molar refractivity (Wildman–Crippen MR) is 133 cm³/mol. The second-order valence-electron chi connectivity index (χ2n) is 9.70. The standard InChI is InChI=1S/C28H34N2O5/c1-18(27(32)33)8-7-15-29-26(31)19-9-6-10-20(16-19)30-28(34)35-17-25-23-13-4-2-11-21(23)22-12-3-5-14-24(22)25/h2-5,11-14,18-20,25H,6-10,15-17H2,1H3,(H,29,31)(H,30,34)(H,32,33)/t18?,19-,20+/m0/s1. The van der Waals surface area contributed by atoms with Crippen LogP contribution in [0.2, 0.25) is 0 Å². The van der Waals surface area contributed by atoms with Gasteiger partial charge < -0.3 is 20.5 Å². The summed E-state index contributed by atoms with van der Waals surface area (Å²) in [5.74, 6) is -1.38. The summed E-state index contributed by atoms with van der Waals surface area (Å²) in [6.45, 7) is 2.41. The fraction of sp³-hybridized carbons (Fsp3) is 0.464. The summed E-state index contributed by atoms with van der Waals surface area (Å²) in [6.07, 6.45) is 3.79. The van der Waals surface area contributed by atoms with Gasteiger partial charge in [0.15, 0.2) is 0 Å². The molecule has 0 radical (unpaired) electrons. The highest BCUT2D eigenvalue weighted by Crippen LogP contribution is 2.44. The summed E-state index contributed by atoms with van der Waals surface area (Å²) in [4.78, 5) is 36.1. The molecule has 2 aromatic carbocycles. The fourth-order valence-corrected chi connectivity index (χ4v) is 5.25. The van der Waals surface area contributed by atoms with E-state index in [1.807, 2.05) is 24.3 Å². The molecule has 2 aliphatic rings. The number of nitrogens with one attached hydrogen (secondary N) is 2. The molecule has 2 aromatic rings. The van der Waals surface area contributed by atoms with Gasteiger partial charge in [-0.1, -0.05) is 61.9 Å². The summed E-state index contributed by atoms with van der Waals surface area (Å²) in [5, 5.41) is 14.8. The van der Waals surface area contributed by atoms with Crippen LogP contribution in [0.15, 0.2) is 48.5 Å². The Hall–Kier alpha value is -3.35. The number of carboxylic acid groups (broad SMARTS) is 1. The normalized spacial score (nSPS) is 19.8. The van der Waals surface area contributed by atoms with Crippen molar-refractivity contribution in [3.05, 3.63) is 59.7 Å². The van der Waals surface area contributed by atoms with Gasteiger partial charge in [0.25, 0.3) is 0 Å². The van der Waals surface area contributed by atoms with Gasteiger partial charge in [0.2, 0.25) is 5.91 Å². The van der Waals surface area contributed by atoms with Gasteiger partial charge in [0.05, 0.1) is 5.92 Å². The molecule has 7 nitrogen and oxygen atoms in total. The zero-order chi connectivity index (χ0) is 24.8. The van der Waals surface area contributed by atoms with Crippen molar-refractivity contribution >= 4 is 18.0 Å². The van der Waals surface area contributed by atoms with E-state index in [-0.39, 0.29) is 30.4 Å². The monoisotopic (exact) mass is 478 g/mol. The molecule has 35 heavy (non-hydrogen) atoms. The first-order valence-electron chi connectivity index (χ1n) is 12.6. The molecular weight excluding hydrogens is 444 g/mol. The van der Waals surface area contributed by atoms with Gasteiger partial charge in [-0.15, -0.1) is 0 Å². The maximum absolute atomic E-state index is 12.6. The van der Waals surface area contributed by atoms with Crippen molar-refractivity contribution in [1.29, 1.82) is 0 Å². The van der Waals surface area contributed by atoms with E-state index in [1.54, 1.807) is 6.92 Å². The number of aliphatic carboxylic acids is 1. The Bertz CT molecular complexity index is 1020. The van der Waals surface area contributed by atoms with Crippen LogP contribution in [-0.4, -0.2) is 42.3 Å². The van der Waals surface area contributed by atoms with Crippen molar-refractivity contribution in [2.45, 2.75) is 57.4 Å². The first kappa shape index (κ1) is 24.8. The molecule has 1 fully saturated rings. The van der Waals surface area contributed by atoms with E-state index in [4.69, 9.17) is 9.84 Å². The minimum absolute atomic E-state index is 0.0156. The summed E-state index contributed by atoms with van der Waals surface area (Å²) < 4.78 is 5.66. The van der Waals surface area contributed by atoms with E-state index < -0.39 is 18.0 Å². The number of rotatable bonds is 9. The lowest BCUT2D eigenvalue weighted by atomic mass is 9.85. The maximum atomic E-state index is 12.6. The molecule has 186 valence electrons. The SMILES string of the molecule is CC(CCCNC(=O)[C@H]1CCC[C@@H](NC(=O)OCC2c3ccccc3-c3ccccc32)C1)C(=O)O. The highest BCUT2D eigenvalue weighted by Gasteiger charge is 2.31. The molecule has 0 aliphatic heterocycles. The molecule has 1 unspecified atom stereocenters. The minimum atomic E-state index is -0.814. The van der Waals surface area contributed by atoms with Crippen molar-refractivity contribution in [3.8, 4) is 11.1 Å². The molecular formula is C28H34N2O5. The van der Waals surface area contributed by atoms with E-state index in [2.05, 4.69) is 34.9 Å². The van der Waals surface area contributed by atoms with Gasteiger partial charge in [-0.25, -0.2) is 4.79 Å². The molecule has 0 bridgehead atoms. The number of ether oxygens (including phenoxy) is 1. The van der Waals surface area contributed by atoms with Crippen molar-refractivity contribution in [2.24, 2.45) is 11.8 Å². The number of benzene rings is 2. The van der Waals surface area contributed by atoms with Crippen LogP contribution in [0.25, 0.3) is 11.1 Å². The summed E-state index contributed by atoms with van der Waals surface area (Å²) in [6, 6.07) is 16.4. The van der Waals surface area contributed by atoms with Gasteiger partial charge in [-0.2, -0.15) is 0 Å². The zero-order valence-electron chi connectivity index (χ0n) is 20.2. The smallest absolute Gasteiger partial charge is 0.407 e. The third kappa shape index (κ3) is 6.02. The van der Waals surface area contributed by atoms with Gasteiger partial charge in [-0.05, 0) is 54.4 Å². The molecule has 0 aromatic heterocycles. The Labute approximate surface area is 206 Å². The van der Waals surface area contributed by atoms with Crippen LogP contribution in [-0.2, 0) is 14.3 Å². The quantitative estimate of drug-likeness (QED) is 0.453. The average molecular weight is 479 g/mol. The summed E-state index contributed by atoms with van der Waals surface area (Å²) in [5.41, 5.74) is 4.73. The van der Waals surface area contributed by atoms with Gasteiger partial charge >= 0.3 is 12.1 Å². The number of hydrogen-bond donors (Lipinski definition) is 3. The van der Waals surface area contributed by atoms with Crippen molar-refractivity contribution in [2.75, 3.05) is 13.2 Å². The first-order chi connectivity index (χ1) is 16.9. The number of amides is 2. The Morgan fingerprint density at radius 3 is 2.34 bits per heavy atom. The molecule has 0 saturated heterocycles. The predicted octanol–water partition coefficient (Wildman–Crippen LogP) is 4.70. The lowest BCUT2D eigenvalue weighted by Gasteiger charge is -2.29. The fourth-order valence-electron chi connectivity index (χ4n) is 5.25. The van der Waals surface area contributed by atoms with E-state index in [9.17, 15) is 14.4 Å². The Morgan fingerprint density at radius 1 is 1.03 bits per heavy atom. The second kappa shape index (κ2) is 11.4. The Balaban J connectivity index is 1.24. The molecule has 3 N–H and O–H groups in total. The molecule has 7 heteroatoms. The molecule has 3 atom stereocenters. The molecule has 2 aliphatic carbocycles. The average Bonchev–Trinajstić information content (AvgIpc) is 3.19. The molecule has 1 saturated carbocycles. The van der Waals surface area contributed by atoms with E-state index in [1.165, 1.54) is 22.3 Å². The molecule has 0 spiro atoms. The van der Waals surface area contributed by atoms with Crippen LogP contribution in [0.5, 0.6) is 0 Å². The van der Waals surface area contributed by atoms with E-state index in [0.29, 0.717) is 25.8 Å².